The molecule has 0 spiro atoms. The number of hydrogen-bond acceptors (Lipinski definition) is 5. The Morgan fingerprint density at radius 1 is 1.24 bits per heavy atom. The minimum atomic E-state index is -0.000504. The number of thioether (sulfide) groups is 1. The maximum atomic E-state index is 12.5. The maximum absolute atomic E-state index is 12.5. The summed E-state index contributed by atoms with van der Waals surface area (Å²) < 4.78 is 7.47. The summed E-state index contributed by atoms with van der Waals surface area (Å²) in [5.41, 5.74) is 3.17. The summed E-state index contributed by atoms with van der Waals surface area (Å²) in [5, 5.41) is 3.94. The first kappa shape index (κ1) is 21.2. The van der Waals surface area contributed by atoms with Gasteiger partial charge in [0.1, 0.15) is 5.75 Å². The number of carbonyl (C=O) groups excluding carboxylic acids is 1. The van der Waals surface area contributed by atoms with Crippen LogP contribution in [0.3, 0.4) is 0 Å². The van der Waals surface area contributed by atoms with E-state index in [1.807, 2.05) is 50.5 Å². The Morgan fingerprint density at radius 3 is 2.76 bits per heavy atom. The second-order valence-electron chi connectivity index (χ2n) is 6.98. The lowest BCUT2D eigenvalue weighted by Crippen LogP contribution is -2.35. The van der Waals surface area contributed by atoms with Crippen LogP contribution in [0.2, 0.25) is 0 Å². The maximum Gasteiger partial charge on any atom is 0.230 e. The molecule has 7 heteroatoms. The number of fused-ring (bicyclic) bond motifs is 1. The van der Waals surface area contributed by atoms with Crippen LogP contribution in [0.1, 0.15) is 18.5 Å². The third-order valence-corrected chi connectivity index (χ3v) is 5.84. The van der Waals surface area contributed by atoms with Gasteiger partial charge < -0.3 is 19.5 Å². The second-order valence-corrected chi connectivity index (χ2v) is 7.92. The Kier molecular flexibility index (Phi) is 7.17. The molecule has 0 fully saturated rings. The lowest BCUT2D eigenvalue weighted by Gasteiger charge is -2.25. The molecular weight excluding hydrogens is 384 g/mol. The number of aromatic nitrogens is 2. The predicted octanol–water partition coefficient (Wildman–Crippen LogP) is 3.58. The van der Waals surface area contributed by atoms with Gasteiger partial charge in [0, 0.05) is 13.1 Å². The molecule has 1 heterocycles. The Hall–Kier alpha value is -2.51. The van der Waals surface area contributed by atoms with E-state index in [0.29, 0.717) is 12.3 Å². The summed E-state index contributed by atoms with van der Waals surface area (Å²) in [6.45, 7) is 3.45. The van der Waals surface area contributed by atoms with Crippen molar-refractivity contribution in [2.24, 2.45) is 0 Å². The molecular formula is C22H28N4O2S. The molecule has 3 aromatic rings. The zero-order valence-electron chi connectivity index (χ0n) is 17.4. The van der Waals surface area contributed by atoms with Gasteiger partial charge in [-0.15, -0.1) is 0 Å². The number of methoxy groups -OCH3 is 1. The van der Waals surface area contributed by atoms with E-state index >= 15 is 0 Å². The molecule has 1 N–H and O–H groups in total. The van der Waals surface area contributed by atoms with E-state index < -0.39 is 0 Å². The van der Waals surface area contributed by atoms with Crippen LogP contribution in [0.25, 0.3) is 11.0 Å². The van der Waals surface area contributed by atoms with Crippen molar-refractivity contribution in [1.82, 2.24) is 19.8 Å². The molecule has 0 aliphatic carbocycles. The number of hydrogen-bond donors (Lipinski definition) is 1. The van der Waals surface area contributed by atoms with Crippen LogP contribution in [0.4, 0.5) is 0 Å². The fraction of sp³-hybridized carbons (Fsp3) is 0.364. The molecule has 0 saturated carbocycles. The number of nitrogens with zero attached hydrogens (tertiary/aromatic N) is 3. The second kappa shape index (κ2) is 9.80. The van der Waals surface area contributed by atoms with Crippen molar-refractivity contribution in [3.8, 4) is 5.75 Å². The molecule has 0 radical (unpaired) electrons. The van der Waals surface area contributed by atoms with E-state index in [2.05, 4.69) is 38.8 Å². The molecule has 1 atom stereocenters. The van der Waals surface area contributed by atoms with Crippen molar-refractivity contribution in [2.45, 2.75) is 24.7 Å². The molecule has 0 saturated heterocycles. The van der Waals surface area contributed by atoms with Crippen molar-refractivity contribution in [3.05, 3.63) is 54.1 Å². The molecule has 3 rings (SSSR count). The number of rotatable bonds is 9. The highest BCUT2D eigenvalue weighted by Gasteiger charge is 2.17. The van der Waals surface area contributed by atoms with Crippen LogP contribution < -0.4 is 10.1 Å². The van der Waals surface area contributed by atoms with Crippen LogP contribution in [0.5, 0.6) is 5.75 Å². The number of nitrogens with one attached hydrogen (secondary N) is 1. The molecule has 1 unspecified atom stereocenters. The number of carbonyl (C=O) groups is 1. The molecule has 154 valence electrons. The average molecular weight is 413 g/mol. The van der Waals surface area contributed by atoms with E-state index in [9.17, 15) is 4.79 Å². The molecule has 2 aromatic carbocycles. The first-order chi connectivity index (χ1) is 14.0. The van der Waals surface area contributed by atoms with Crippen LogP contribution in [-0.4, -0.2) is 53.9 Å². The summed E-state index contributed by atoms with van der Waals surface area (Å²) in [6.07, 6.45) is 0. The van der Waals surface area contributed by atoms with E-state index in [0.717, 1.165) is 34.0 Å². The minimum absolute atomic E-state index is 0.000504. The van der Waals surface area contributed by atoms with Crippen molar-refractivity contribution >= 4 is 28.7 Å². The third-order valence-electron chi connectivity index (χ3n) is 4.86. The predicted molar refractivity (Wildman–Crippen MR) is 119 cm³/mol. The van der Waals surface area contributed by atoms with E-state index in [1.165, 1.54) is 11.8 Å². The number of benzene rings is 2. The highest BCUT2D eigenvalue weighted by Crippen LogP contribution is 2.24. The van der Waals surface area contributed by atoms with Gasteiger partial charge in [-0.05, 0) is 50.8 Å². The summed E-state index contributed by atoms with van der Waals surface area (Å²) in [4.78, 5) is 19.3. The lowest BCUT2D eigenvalue weighted by molar-refractivity contribution is -0.118. The molecule has 29 heavy (non-hydrogen) atoms. The Morgan fingerprint density at radius 2 is 2.03 bits per heavy atom. The highest BCUT2D eigenvalue weighted by molar-refractivity contribution is 7.99. The number of aryl methyl sites for hydroxylation is 1. The van der Waals surface area contributed by atoms with Gasteiger partial charge in [0.15, 0.2) is 5.16 Å². The topological polar surface area (TPSA) is 59.4 Å². The Labute approximate surface area is 176 Å². The van der Waals surface area contributed by atoms with Crippen molar-refractivity contribution in [2.75, 3.05) is 33.5 Å². The Balaban J connectivity index is 1.61. The van der Waals surface area contributed by atoms with Crippen LogP contribution in [0, 0.1) is 0 Å². The van der Waals surface area contributed by atoms with Crippen LogP contribution >= 0.6 is 11.8 Å². The molecule has 1 aromatic heterocycles. The van der Waals surface area contributed by atoms with E-state index in [4.69, 9.17) is 4.74 Å². The SMILES string of the molecule is CCn1c(SCC(=O)NCC(c2cccc(OC)c2)N(C)C)nc2ccccc21. The van der Waals surface area contributed by atoms with Gasteiger partial charge in [-0.1, -0.05) is 36.0 Å². The van der Waals surface area contributed by atoms with Gasteiger partial charge in [-0.25, -0.2) is 4.98 Å². The van der Waals surface area contributed by atoms with Crippen molar-refractivity contribution in [3.63, 3.8) is 0 Å². The van der Waals surface area contributed by atoms with E-state index in [1.54, 1.807) is 7.11 Å². The highest BCUT2D eigenvalue weighted by atomic mass is 32.2. The average Bonchev–Trinajstić information content (AvgIpc) is 3.09. The number of para-hydroxylation sites is 2. The van der Waals surface area contributed by atoms with Crippen molar-refractivity contribution in [1.29, 1.82) is 0 Å². The zero-order valence-corrected chi connectivity index (χ0v) is 18.2. The van der Waals surface area contributed by atoms with Crippen LogP contribution in [0.15, 0.2) is 53.7 Å². The number of amides is 1. The minimum Gasteiger partial charge on any atom is -0.497 e. The fourth-order valence-electron chi connectivity index (χ4n) is 3.31. The van der Waals surface area contributed by atoms with Gasteiger partial charge in [-0.3, -0.25) is 4.79 Å². The lowest BCUT2D eigenvalue weighted by atomic mass is 10.1. The molecule has 1 amide bonds. The number of likely N-dealkylation sites (N-methyl/N-ethyl adjacent to an activating group) is 1. The Bertz CT molecular complexity index is 970. The van der Waals surface area contributed by atoms with Gasteiger partial charge in [0.05, 0.1) is 29.9 Å². The largest absolute Gasteiger partial charge is 0.497 e. The molecule has 0 aliphatic heterocycles. The monoisotopic (exact) mass is 412 g/mol. The van der Waals surface area contributed by atoms with E-state index in [-0.39, 0.29) is 11.9 Å². The smallest absolute Gasteiger partial charge is 0.230 e. The zero-order chi connectivity index (χ0) is 20.8. The standard InChI is InChI=1S/C22H28N4O2S/c1-5-26-19-12-7-6-11-18(19)24-22(26)29-15-21(27)23-14-20(25(2)3)16-9-8-10-17(13-16)28-4/h6-13,20H,5,14-15H2,1-4H3,(H,23,27). The number of ether oxygens (including phenoxy) is 1. The summed E-state index contributed by atoms with van der Waals surface area (Å²) in [7, 11) is 5.68. The molecule has 6 nitrogen and oxygen atoms in total. The van der Waals surface area contributed by atoms with Gasteiger partial charge >= 0.3 is 0 Å². The first-order valence-corrected chi connectivity index (χ1v) is 10.7. The summed E-state index contributed by atoms with van der Waals surface area (Å²) in [6, 6.07) is 16.1. The van der Waals surface area contributed by atoms with Crippen LogP contribution in [-0.2, 0) is 11.3 Å². The van der Waals surface area contributed by atoms with Gasteiger partial charge in [0.25, 0.3) is 0 Å². The summed E-state index contributed by atoms with van der Waals surface area (Å²) in [5.74, 6) is 1.15. The van der Waals surface area contributed by atoms with Gasteiger partial charge in [0.2, 0.25) is 5.91 Å². The fourth-order valence-corrected chi connectivity index (χ4v) is 4.22. The first-order valence-electron chi connectivity index (χ1n) is 9.68. The van der Waals surface area contributed by atoms with Gasteiger partial charge in [-0.2, -0.15) is 0 Å². The third kappa shape index (κ3) is 5.10. The quantitative estimate of drug-likeness (QED) is 0.545. The molecule has 0 aliphatic rings. The summed E-state index contributed by atoms with van der Waals surface area (Å²) >= 11 is 1.47. The van der Waals surface area contributed by atoms with Crippen molar-refractivity contribution < 1.29 is 9.53 Å². The molecule has 0 bridgehead atoms. The number of imidazole rings is 1. The normalized spacial score (nSPS) is 12.3.